The van der Waals surface area contributed by atoms with Crippen molar-refractivity contribution in [1.82, 2.24) is 9.97 Å². The van der Waals surface area contributed by atoms with Gasteiger partial charge in [-0.05, 0) is 0 Å². The fraction of sp³-hybridized carbons (Fsp3) is 0. The Balaban J connectivity index is 3.35. The molecule has 0 saturated carbocycles. The van der Waals surface area contributed by atoms with Crippen molar-refractivity contribution in [3.63, 3.8) is 0 Å². The summed E-state index contributed by atoms with van der Waals surface area (Å²) in [5.41, 5.74) is -0.663. The molecule has 0 bridgehead atoms. The first-order chi connectivity index (χ1) is 3.80. The van der Waals surface area contributed by atoms with Crippen LogP contribution < -0.4 is 5.56 Å². The molecule has 0 saturated heterocycles. The zero-order chi connectivity index (χ0) is 5.98. The van der Waals surface area contributed by atoms with Crippen LogP contribution in [0.2, 0.25) is 0 Å². The van der Waals surface area contributed by atoms with E-state index in [-0.39, 0.29) is 5.75 Å². The van der Waals surface area contributed by atoms with Crippen molar-refractivity contribution in [2.24, 2.45) is 0 Å². The van der Waals surface area contributed by atoms with E-state index in [1.165, 1.54) is 0 Å². The minimum Gasteiger partial charge on any atom is -0.502 e. The second-order valence-corrected chi connectivity index (χ2v) is 1.20. The maximum Gasteiger partial charge on any atom is 0.315 e. The molecule has 8 heavy (non-hydrogen) atoms. The van der Waals surface area contributed by atoms with Crippen LogP contribution in [-0.4, -0.2) is 15.1 Å². The Hall–Kier alpha value is -1.32. The van der Waals surface area contributed by atoms with E-state index in [1.807, 2.05) is 0 Å². The van der Waals surface area contributed by atoms with Gasteiger partial charge in [0, 0.05) is 0 Å². The van der Waals surface area contributed by atoms with Crippen LogP contribution in [0, 0.1) is 6.33 Å². The first-order valence-corrected chi connectivity index (χ1v) is 1.95. The van der Waals surface area contributed by atoms with Gasteiger partial charge < -0.3 is 10.1 Å². The summed E-state index contributed by atoms with van der Waals surface area (Å²) in [5, 5.41) is 8.49. The van der Waals surface area contributed by atoms with Crippen molar-refractivity contribution in [3.05, 3.63) is 22.9 Å². The molecule has 0 unspecified atom stereocenters. The zero-order valence-electron chi connectivity index (χ0n) is 3.88. The molecule has 2 N–H and O–H groups in total. The van der Waals surface area contributed by atoms with Crippen LogP contribution in [-0.2, 0) is 0 Å². The Morgan fingerprint density at radius 1 is 1.88 bits per heavy atom. The second-order valence-electron chi connectivity index (χ2n) is 1.20. The maximum atomic E-state index is 10.2. The third-order valence-electron chi connectivity index (χ3n) is 0.650. The quantitative estimate of drug-likeness (QED) is 0.464. The molecule has 1 aromatic rings. The molecule has 41 valence electrons. The van der Waals surface area contributed by atoms with Gasteiger partial charge in [0.2, 0.25) is 0 Å². The minimum atomic E-state index is -0.663. The molecule has 4 heteroatoms. The van der Waals surface area contributed by atoms with Crippen molar-refractivity contribution in [2.75, 3.05) is 0 Å². The van der Waals surface area contributed by atoms with E-state index in [0.717, 1.165) is 6.20 Å². The van der Waals surface area contributed by atoms with Crippen LogP contribution in [0.5, 0.6) is 5.75 Å². The molecule has 0 spiro atoms. The minimum absolute atomic E-state index is 0.385. The van der Waals surface area contributed by atoms with Crippen molar-refractivity contribution in [2.45, 2.75) is 0 Å². The lowest BCUT2D eigenvalue weighted by atomic mass is 10.6. The summed E-state index contributed by atoms with van der Waals surface area (Å²) < 4.78 is 0. The Labute approximate surface area is 44.8 Å². The lowest BCUT2D eigenvalue weighted by Crippen LogP contribution is -2.03. The normalized spacial score (nSPS) is 9.00. The summed E-state index contributed by atoms with van der Waals surface area (Å²) in [7, 11) is 0. The Morgan fingerprint density at radius 3 is 3.00 bits per heavy atom. The number of nitrogens with one attached hydrogen (secondary N) is 1. The Bertz CT molecular complexity index is 229. The molecule has 0 aromatic carbocycles. The molecular weight excluding hydrogens is 108 g/mol. The third kappa shape index (κ3) is 0.676. The molecule has 0 fully saturated rings. The number of hydrogen-bond donors (Lipinski definition) is 2. The van der Waals surface area contributed by atoms with Crippen molar-refractivity contribution < 1.29 is 5.11 Å². The van der Waals surface area contributed by atoms with E-state index < -0.39 is 5.56 Å². The zero-order valence-corrected chi connectivity index (χ0v) is 3.88. The van der Waals surface area contributed by atoms with Crippen LogP contribution in [0.15, 0.2) is 11.0 Å². The lowest BCUT2D eigenvalue weighted by Gasteiger charge is -1.81. The highest BCUT2D eigenvalue weighted by Crippen LogP contribution is 1.88. The van der Waals surface area contributed by atoms with Crippen LogP contribution in [0.3, 0.4) is 0 Å². The molecule has 0 amide bonds. The van der Waals surface area contributed by atoms with Crippen LogP contribution >= 0.6 is 0 Å². The van der Waals surface area contributed by atoms with Crippen molar-refractivity contribution in [3.8, 4) is 5.75 Å². The molecule has 1 heterocycles. The number of rotatable bonds is 0. The summed E-state index contributed by atoms with van der Waals surface area (Å²) in [6.45, 7) is 0. The molecule has 1 aromatic heterocycles. The summed E-state index contributed by atoms with van der Waals surface area (Å²) in [6, 6.07) is 0. The standard InChI is InChI=1S/C4H3N2O2/c7-3-1-5-2-6-4(3)8/h1,7H,(H,5,6,8). The first-order valence-electron chi connectivity index (χ1n) is 1.95. The van der Waals surface area contributed by atoms with Gasteiger partial charge in [-0.15, -0.1) is 0 Å². The average molecular weight is 111 g/mol. The predicted octanol–water partition coefficient (Wildman–Crippen LogP) is -0.724. The second kappa shape index (κ2) is 1.65. The fourth-order valence-electron chi connectivity index (χ4n) is 0.303. The molecule has 0 aliphatic carbocycles. The van der Waals surface area contributed by atoms with Gasteiger partial charge in [-0.25, -0.2) is 0 Å². The first kappa shape index (κ1) is 4.83. The van der Waals surface area contributed by atoms with Crippen LogP contribution in [0.4, 0.5) is 0 Å². The number of H-pyrrole nitrogens is 1. The lowest BCUT2D eigenvalue weighted by molar-refractivity contribution is 0.463. The number of aromatic amines is 1. The topological polar surface area (TPSA) is 66.0 Å². The van der Waals surface area contributed by atoms with E-state index in [4.69, 9.17) is 5.11 Å². The molecule has 4 nitrogen and oxygen atoms in total. The van der Waals surface area contributed by atoms with Crippen molar-refractivity contribution in [1.29, 1.82) is 0 Å². The highest BCUT2D eigenvalue weighted by molar-refractivity contribution is 5.06. The van der Waals surface area contributed by atoms with E-state index >= 15 is 0 Å². The van der Waals surface area contributed by atoms with Gasteiger partial charge in [0.15, 0.2) is 12.1 Å². The highest BCUT2D eigenvalue weighted by Gasteiger charge is 1.89. The molecule has 0 aliphatic heterocycles. The van der Waals surface area contributed by atoms with Crippen LogP contribution in [0.1, 0.15) is 0 Å². The molecule has 1 rings (SSSR count). The number of hydrogen-bond acceptors (Lipinski definition) is 3. The summed E-state index contributed by atoms with van der Waals surface area (Å²) in [5.74, 6) is -0.385. The number of nitrogens with zero attached hydrogens (tertiary/aromatic N) is 1. The largest absolute Gasteiger partial charge is 0.502 e. The summed E-state index contributed by atoms with van der Waals surface area (Å²) in [6.07, 6.45) is 3.27. The number of aromatic hydroxyl groups is 1. The van der Waals surface area contributed by atoms with Crippen LogP contribution in [0.25, 0.3) is 0 Å². The fourth-order valence-corrected chi connectivity index (χ4v) is 0.303. The molecule has 0 aliphatic rings. The van der Waals surface area contributed by atoms with Gasteiger partial charge in [-0.1, -0.05) is 0 Å². The van der Waals surface area contributed by atoms with Gasteiger partial charge in [0.25, 0.3) is 0 Å². The Morgan fingerprint density at radius 2 is 2.62 bits per heavy atom. The summed E-state index contributed by atoms with van der Waals surface area (Å²) >= 11 is 0. The van der Waals surface area contributed by atoms with Gasteiger partial charge in [-0.3, -0.25) is 4.79 Å². The van der Waals surface area contributed by atoms with Crippen molar-refractivity contribution >= 4 is 0 Å². The van der Waals surface area contributed by atoms with Gasteiger partial charge >= 0.3 is 5.56 Å². The monoisotopic (exact) mass is 111 g/mol. The number of aromatic nitrogens is 2. The highest BCUT2D eigenvalue weighted by atomic mass is 16.3. The molecule has 0 atom stereocenters. The third-order valence-corrected chi connectivity index (χ3v) is 0.650. The van der Waals surface area contributed by atoms with Gasteiger partial charge in [-0.2, -0.15) is 4.98 Å². The van der Waals surface area contributed by atoms with Gasteiger partial charge in [0.1, 0.15) is 0 Å². The van der Waals surface area contributed by atoms with E-state index in [9.17, 15) is 4.79 Å². The average Bonchev–Trinajstić information content (AvgIpc) is 1.77. The van der Waals surface area contributed by atoms with E-state index in [1.54, 1.807) is 0 Å². The van der Waals surface area contributed by atoms with E-state index in [0.29, 0.717) is 0 Å². The van der Waals surface area contributed by atoms with Gasteiger partial charge in [0.05, 0.1) is 6.20 Å². The smallest absolute Gasteiger partial charge is 0.315 e. The SMILES string of the molecule is O=c1n[c][nH]cc1O. The molecular formula is C4H3N2O2. The van der Waals surface area contributed by atoms with E-state index in [2.05, 4.69) is 16.3 Å². The Kier molecular flexibility index (Phi) is 0.997. The predicted molar refractivity (Wildman–Crippen MR) is 25.4 cm³/mol. The summed E-state index contributed by atoms with van der Waals surface area (Å²) in [4.78, 5) is 15.6. The molecule has 1 radical (unpaired) electrons. The maximum absolute atomic E-state index is 10.2.